The van der Waals surface area contributed by atoms with Crippen molar-refractivity contribution >= 4 is 51.2 Å². The van der Waals surface area contributed by atoms with Crippen LogP contribution < -0.4 is 37.7 Å². The van der Waals surface area contributed by atoms with Crippen molar-refractivity contribution in [2.45, 2.75) is 0 Å². The molecule has 0 aromatic heterocycles. The first-order chi connectivity index (χ1) is 0. The fraction of sp³-hybridized carbons (Fsp3) is 0. The van der Waals surface area contributed by atoms with Crippen molar-refractivity contribution in [1.82, 2.24) is 0 Å². The van der Waals surface area contributed by atoms with Crippen LogP contribution in [0.5, 0.6) is 0 Å². The van der Waals surface area contributed by atoms with E-state index in [2.05, 4.69) is 0 Å². The van der Waals surface area contributed by atoms with Gasteiger partial charge in [-0.3, -0.25) is 0 Å². The Kier molecular flexibility index (Phi) is 277. The van der Waals surface area contributed by atoms with E-state index in [1.807, 2.05) is 0 Å². The van der Waals surface area contributed by atoms with Crippen molar-refractivity contribution in [3.05, 3.63) is 0 Å². The second-order valence-corrected chi connectivity index (χ2v) is 0. The number of rotatable bonds is 0. The molecule has 0 atom stereocenters. The van der Waals surface area contributed by atoms with E-state index in [0.717, 1.165) is 0 Å². The normalized spacial score (nSPS) is 0. The minimum absolute atomic E-state index is 0. The summed E-state index contributed by atoms with van der Waals surface area (Å²) in [5.41, 5.74) is 0. The topological polar surface area (TPSA) is 0 Å². The zero-order valence-corrected chi connectivity index (χ0v) is 3.22. The quantitative estimate of drug-likeness (QED) is 0.244. The smallest absolute Gasteiger partial charge is 2.00 e. The van der Waals surface area contributed by atoms with E-state index in [1.54, 1.807) is 0 Å². The second-order valence-electron chi connectivity index (χ2n) is 0. The molecule has 0 amide bonds. The van der Waals surface area contributed by atoms with Gasteiger partial charge in [-0.2, -0.15) is 0 Å². The van der Waals surface area contributed by atoms with E-state index >= 15 is 0 Å². The van der Waals surface area contributed by atoms with Gasteiger partial charge < -0.3 is 13.5 Å². The molecule has 0 saturated carbocycles. The molecule has 0 fully saturated rings. The fourth-order valence-corrected chi connectivity index (χ4v) is 0. The Hall–Kier alpha value is 2.74. The van der Waals surface area contributed by atoms with Gasteiger partial charge in [0.2, 0.25) is 0 Å². The Morgan fingerprint density at radius 3 is 0.600 bits per heavy atom. The van der Waals surface area contributed by atoms with E-state index in [9.17, 15) is 0 Å². The molecule has 0 heterocycles. The van der Waals surface area contributed by atoms with Gasteiger partial charge in [-0.15, -0.1) is 0 Å². The summed E-state index contributed by atoms with van der Waals surface area (Å²) in [6, 6.07) is 0. The zero-order valence-electron chi connectivity index (χ0n) is 2.41. The van der Waals surface area contributed by atoms with Crippen molar-refractivity contribution in [1.29, 1.82) is 0 Å². The average Bonchev–Trinajstić information content (AvgIpc) is 0. The van der Waals surface area contributed by atoms with Crippen molar-refractivity contribution in [2.24, 2.45) is 0 Å². The Balaban J connectivity index is 0. The van der Waals surface area contributed by atoms with Gasteiger partial charge in [-0.1, -0.05) is 0 Å². The minimum Gasteiger partial charge on any atom is -2.00 e. The molecule has 0 radical (unpaired) electrons. The van der Waals surface area contributed by atoms with Crippen LogP contribution in [0.4, 0.5) is 0 Å². The van der Waals surface area contributed by atoms with Gasteiger partial charge in [0, 0.05) is 0 Å². The standard InChI is InChI=1S/4Li.S.2H/q;;2*+1;-2;;. The molecule has 0 rings (SSSR count). The van der Waals surface area contributed by atoms with Crippen LogP contribution in [0, 0.1) is 0 Å². The predicted molar refractivity (Wildman–Crippen MR) is 21.7 cm³/mol. The van der Waals surface area contributed by atoms with Gasteiger partial charge in [0.25, 0.3) is 0 Å². The summed E-state index contributed by atoms with van der Waals surface area (Å²) in [4.78, 5) is 0. The van der Waals surface area contributed by atoms with Crippen LogP contribution in [0.3, 0.4) is 0 Å². The van der Waals surface area contributed by atoms with E-state index in [4.69, 9.17) is 0 Å². The maximum Gasteiger partial charge on any atom is -2.00 e. The summed E-state index contributed by atoms with van der Waals surface area (Å²) in [5, 5.41) is 0. The van der Waals surface area contributed by atoms with Crippen molar-refractivity contribution in [3.8, 4) is 0 Å². The molecule has 0 aromatic rings. The molecule has 0 aromatic carbocycles. The first kappa shape index (κ1) is 46.8. The summed E-state index contributed by atoms with van der Waals surface area (Å²) in [7, 11) is 0. The molecule has 0 N–H and O–H groups in total. The monoisotopic (exact) mass is 62.1 g/mol. The van der Waals surface area contributed by atoms with Gasteiger partial charge in [0.15, 0.2) is 0 Å². The number of hydrogen-bond acceptors (Lipinski definition) is 0. The summed E-state index contributed by atoms with van der Waals surface area (Å²) >= 11 is 0. The fourth-order valence-electron chi connectivity index (χ4n) is 0. The third kappa shape index (κ3) is 20.2. The summed E-state index contributed by atoms with van der Waals surface area (Å²) < 4.78 is 0. The molecule has 0 saturated heterocycles. The largest absolute Gasteiger partial charge is 2.00 e. The minimum atomic E-state index is 0. The van der Waals surface area contributed by atoms with Crippen LogP contribution in [-0.2, 0) is 13.5 Å². The van der Waals surface area contributed by atoms with E-state index in [0.29, 0.717) is 0 Å². The van der Waals surface area contributed by atoms with Gasteiger partial charge >= 0.3 is 75.4 Å². The van der Waals surface area contributed by atoms with Crippen LogP contribution in [0.1, 0.15) is 0 Å². The van der Waals surface area contributed by atoms with E-state index < -0.39 is 0 Å². The molecular formula is H2Li4S. The van der Waals surface area contributed by atoms with Gasteiger partial charge in [-0.05, 0) is 0 Å². The van der Waals surface area contributed by atoms with Gasteiger partial charge in [-0.25, -0.2) is 0 Å². The van der Waals surface area contributed by atoms with Gasteiger partial charge in [0.05, 0.1) is 0 Å². The third-order valence-electron chi connectivity index (χ3n) is 0. The molecule has 0 nitrogen and oxygen atoms in total. The second kappa shape index (κ2) is 29.6. The maximum absolute atomic E-state index is 0. The predicted octanol–water partition coefficient (Wildman–Crippen LogP) is -7.29. The zero-order chi connectivity index (χ0) is 0. The van der Waals surface area contributed by atoms with Crippen LogP contribution >= 0.6 is 0 Å². The van der Waals surface area contributed by atoms with Crippen molar-refractivity contribution < 1.29 is 37.7 Å². The number of hydrogen-bond donors (Lipinski definition) is 0. The Labute approximate surface area is 87.8 Å². The molecule has 5 heteroatoms. The molecule has 0 aliphatic heterocycles. The Morgan fingerprint density at radius 1 is 0.600 bits per heavy atom. The molecule has 5 heavy (non-hydrogen) atoms. The molecule has 0 aliphatic carbocycles. The maximum atomic E-state index is 0. The Bertz CT molecular complexity index is 3.61. The first-order valence-electron chi connectivity index (χ1n) is 0. The van der Waals surface area contributed by atoms with Crippen LogP contribution in [0.15, 0.2) is 0 Å². The summed E-state index contributed by atoms with van der Waals surface area (Å²) in [6.45, 7) is 0. The van der Waals surface area contributed by atoms with Crippen molar-refractivity contribution in [3.63, 3.8) is 0 Å². The summed E-state index contributed by atoms with van der Waals surface area (Å²) in [5.74, 6) is 0. The molecule has 0 spiro atoms. The Morgan fingerprint density at radius 2 is 0.600 bits per heavy atom. The molecule has 12 valence electrons. The van der Waals surface area contributed by atoms with E-state index in [1.165, 1.54) is 0 Å². The first-order valence-corrected chi connectivity index (χ1v) is 0. The third-order valence-corrected chi connectivity index (χ3v) is 0. The van der Waals surface area contributed by atoms with E-state index in [-0.39, 0.29) is 88.9 Å². The molecule has 0 aliphatic rings. The van der Waals surface area contributed by atoms with Crippen molar-refractivity contribution in [2.75, 3.05) is 0 Å². The average molecular weight is 61.8 g/mol. The molecule has 0 bridgehead atoms. The van der Waals surface area contributed by atoms with Crippen LogP contribution in [0.2, 0.25) is 0 Å². The summed E-state index contributed by atoms with van der Waals surface area (Å²) in [6.07, 6.45) is 0. The molecular weight excluding hydrogens is 59.8 g/mol. The molecule has 0 unspecified atom stereocenters. The van der Waals surface area contributed by atoms with Gasteiger partial charge in [0.1, 0.15) is 0 Å². The SMILES string of the molecule is [Li+].[Li+].[LiH].[LiH].[S-2]. The van der Waals surface area contributed by atoms with Crippen LogP contribution in [0.25, 0.3) is 0 Å². The van der Waals surface area contributed by atoms with Crippen LogP contribution in [-0.4, -0.2) is 37.7 Å².